The molecule has 17 heavy (non-hydrogen) atoms. The van der Waals surface area contributed by atoms with Crippen molar-refractivity contribution in [1.82, 2.24) is 0 Å². The van der Waals surface area contributed by atoms with E-state index in [1.807, 2.05) is 27.7 Å². The summed E-state index contributed by atoms with van der Waals surface area (Å²) < 4.78 is 0. The predicted molar refractivity (Wildman–Crippen MR) is 68.8 cm³/mol. The van der Waals surface area contributed by atoms with E-state index in [-0.39, 0.29) is 23.2 Å². The number of thiophene rings is 1. The second-order valence-electron chi connectivity index (χ2n) is 5.45. The van der Waals surface area contributed by atoms with Gasteiger partial charge in [-0.15, -0.1) is 11.3 Å². The molecule has 3 nitrogen and oxygen atoms in total. The number of carboxylic acid groups (broad SMARTS) is 1. The minimum absolute atomic E-state index is 0.0488. The van der Waals surface area contributed by atoms with Gasteiger partial charge in [0.25, 0.3) is 0 Å². The molecule has 0 saturated carbocycles. The van der Waals surface area contributed by atoms with E-state index >= 15 is 0 Å². The van der Waals surface area contributed by atoms with E-state index in [1.54, 1.807) is 6.07 Å². The number of aryl methyl sites for hydroxylation is 1. The minimum atomic E-state index is -0.951. The molecule has 0 aliphatic carbocycles. The lowest BCUT2D eigenvalue weighted by atomic mass is 9.89. The fraction of sp³-hybridized carbons (Fsp3) is 0.538. The van der Waals surface area contributed by atoms with Crippen LogP contribution in [0.4, 0.5) is 0 Å². The van der Waals surface area contributed by atoms with Crippen molar-refractivity contribution < 1.29 is 14.7 Å². The number of hydrogen-bond acceptors (Lipinski definition) is 3. The van der Waals surface area contributed by atoms with Gasteiger partial charge in [0.05, 0.1) is 5.56 Å². The summed E-state index contributed by atoms with van der Waals surface area (Å²) in [4.78, 5) is 24.4. The maximum atomic E-state index is 11.8. The van der Waals surface area contributed by atoms with Crippen molar-refractivity contribution in [2.45, 2.75) is 40.5 Å². The quantitative estimate of drug-likeness (QED) is 0.897. The van der Waals surface area contributed by atoms with Crippen LogP contribution in [0, 0.1) is 12.3 Å². The molecule has 1 N–H and O–H groups in total. The first-order valence-electron chi connectivity index (χ1n) is 5.53. The number of carbonyl (C=O) groups excluding carboxylic acids is 1. The molecule has 1 aromatic rings. The summed E-state index contributed by atoms with van der Waals surface area (Å²) in [5.41, 5.74) is 0.224. The summed E-state index contributed by atoms with van der Waals surface area (Å²) in [6.07, 6.45) is 0.709. The van der Waals surface area contributed by atoms with Crippen molar-refractivity contribution >= 4 is 23.1 Å². The number of ketones is 1. The molecule has 1 heterocycles. The lowest BCUT2D eigenvalue weighted by Crippen LogP contribution is -2.15. The smallest absolute Gasteiger partial charge is 0.336 e. The molecule has 0 fully saturated rings. The van der Waals surface area contributed by atoms with E-state index < -0.39 is 5.97 Å². The third-order valence-corrected chi connectivity index (χ3v) is 3.30. The maximum absolute atomic E-state index is 11.8. The van der Waals surface area contributed by atoms with Gasteiger partial charge in [-0.05, 0) is 18.4 Å². The Morgan fingerprint density at radius 2 is 1.94 bits per heavy atom. The molecule has 94 valence electrons. The molecule has 0 aromatic carbocycles. The van der Waals surface area contributed by atoms with Crippen molar-refractivity contribution in [2.24, 2.45) is 5.41 Å². The van der Waals surface area contributed by atoms with Gasteiger partial charge in [-0.2, -0.15) is 0 Å². The largest absolute Gasteiger partial charge is 0.478 e. The Balaban J connectivity index is 2.81. The molecule has 0 spiro atoms. The fourth-order valence-corrected chi connectivity index (χ4v) is 2.76. The van der Waals surface area contributed by atoms with Gasteiger partial charge in [0, 0.05) is 22.6 Å². The third-order valence-electron chi connectivity index (χ3n) is 2.25. The molecule has 0 saturated heterocycles. The highest BCUT2D eigenvalue weighted by Crippen LogP contribution is 2.25. The molecular formula is C13H18O3S. The first kappa shape index (κ1) is 13.9. The molecule has 0 amide bonds. The van der Waals surface area contributed by atoms with Crippen molar-refractivity contribution in [3.63, 3.8) is 0 Å². The Morgan fingerprint density at radius 3 is 2.41 bits per heavy atom. The van der Waals surface area contributed by atoms with E-state index in [0.717, 1.165) is 4.88 Å². The summed E-state index contributed by atoms with van der Waals surface area (Å²) >= 11 is 1.40. The molecule has 0 bridgehead atoms. The number of Topliss-reactive ketones (excluding diaryl/α,β-unsaturated/α-hetero) is 1. The summed E-state index contributed by atoms with van der Waals surface area (Å²) in [6.45, 7) is 7.86. The van der Waals surface area contributed by atoms with Crippen LogP contribution in [0.5, 0.6) is 0 Å². The molecular weight excluding hydrogens is 236 g/mol. The van der Waals surface area contributed by atoms with Gasteiger partial charge in [0.1, 0.15) is 5.78 Å². The molecule has 0 radical (unpaired) electrons. The SMILES string of the molecule is Cc1cc(C(=O)O)c(CC(=O)CC(C)(C)C)s1. The second-order valence-corrected chi connectivity index (χ2v) is 6.79. The van der Waals surface area contributed by atoms with Gasteiger partial charge < -0.3 is 5.11 Å². The molecule has 0 unspecified atom stereocenters. The van der Waals surface area contributed by atoms with Crippen LogP contribution in [-0.2, 0) is 11.2 Å². The summed E-state index contributed by atoms with van der Waals surface area (Å²) in [5, 5.41) is 9.02. The van der Waals surface area contributed by atoms with E-state index in [0.29, 0.717) is 11.3 Å². The fourth-order valence-electron chi connectivity index (χ4n) is 1.71. The Kier molecular flexibility index (Phi) is 4.09. The highest BCUT2D eigenvalue weighted by molar-refractivity contribution is 7.12. The van der Waals surface area contributed by atoms with Gasteiger partial charge in [-0.3, -0.25) is 4.79 Å². The summed E-state index contributed by atoms with van der Waals surface area (Å²) in [5.74, 6) is -0.852. The van der Waals surface area contributed by atoms with Crippen LogP contribution in [0.1, 0.15) is 47.3 Å². The average molecular weight is 254 g/mol. The summed E-state index contributed by atoms with van der Waals surface area (Å²) in [6, 6.07) is 1.63. The highest BCUT2D eigenvalue weighted by Gasteiger charge is 2.20. The Hall–Kier alpha value is -1.16. The van der Waals surface area contributed by atoms with Gasteiger partial charge in [-0.25, -0.2) is 4.79 Å². The monoisotopic (exact) mass is 254 g/mol. The molecule has 4 heteroatoms. The molecule has 0 atom stereocenters. The Morgan fingerprint density at radius 1 is 1.35 bits per heavy atom. The van der Waals surface area contributed by atoms with Crippen molar-refractivity contribution in [1.29, 1.82) is 0 Å². The van der Waals surface area contributed by atoms with Crippen LogP contribution in [0.25, 0.3) is 0 Å². The first-order valence-corrected chi connectivity index (χ1v) is 6.35. The number of carbonyl (C=O) groups is 2. The average Bonchev–Trinajstić information content (AvgIpc) is 2.42. The van der Waals surface area contributed by atoms with Gasteiger partial charge in [0.2, 0.25) is 0 Å². The normalized spacial score (nSPS) is 11.5. The lowest BCUT2D eigenvalue weighted by Gasteiger charge is -2.16. The van der Waals surface area contributed by atoms with Crippen LogP contribution < -0.4 is 0 Å². The van der Waals surface area contributed by atoms with Gasteiger partial charge in [0.15, 0.2) is 0 Å². The lowest BCUT2D eigenvalue weighted by molar-refractivity contribution is -0.120. The van der Waals surface area contributed by atoms with Crippen LogP contribution >= 0.6 is 11.3 Å². The Bertz CT molecular complexity index is 438. The number of aromatic carboxylic acids is 1. The minimum Gasteiger partial charge on any atom is -0.478 e. The zero-order valence-electron chi connectivity index (χ0n) is 10.7. The topological polar surface area (TPSA) is 54.4 Å². The van der Waals surface area contributed by atoms with Crippen molar-refractivity contribution in [3.8, 4) is 0 Å². The molecule has 0 aliphatic rings. The molecule has 0 aliphatic heterocycles. The van der Waals surface area contributed by atoms with Gasteiger partial charge >= 0.3 is 5.97 Å². The van der Waals surface area contributed by atoms with Crippen LogP contribution in [-0.4, -0.2) is 16.9 Å². The number of carboxylic acids is 1. The second kappa shape index (κ2) is 5.00. The van der Waals surface area contributed by atoms with E-state index in [9.17, 15) is 9.59 Å². The van der Waals surface area contributed by atoms with E-state index in [4.69, 9.17) is 5.11 Å². The first-order chi connectivity index (χ1) is 7.69. The van der Waals surface area contributed by atoms with Crippen molar-refractivity contribution in [3.05, 3.63) is 21.4 Å². The standard InChI is InChI=1S/C13H18O3S/c1-8-5-10(12(15)16)11(17-8)6-9(14)7-13(2,3)4/h5H,6-7H2,1-4H3,(H,15,16). The zero-order valence-corrected chi connectivity index (χ0v) is 11.5. The number of rotatable bonds is 4. The zero-order chi connectivity index (χ0) is 13.2. The Labute approximate surface area is 105 Å². The number of hydrogen-bond donors (Lipinski definition) is 1. The molecule has 1 aromatic heterocycles. The van der Waals surface area contributed by atoms with Crippen LogP contribution in [0.2, 0.25) is 0 Å². The van der Waals surface area contributed by atoms with E-state index in [1.165, 1.54) is 11.3 Å². The van der Waals surface area contributed by atoms with Crippen molar-refractivity contribution in [2.75, 3.05) is 0 Å². The van der Waals surface area contributed by atoms with Gasteiger partial charge in [-0.1, -0.05) is 20.8 Å². The van der Waals surface area contributed by atoms with E-state index in [2.05, 4.69) is 0 Å². The van der Waals surface area contributed by atoms with Crippen LogP contribution in [0.15, 0.2) is 6.07 Å². The highest BCUT2D eigenvalue weighted by atomic mass is 32.1. The predicted octanol–water partition coefficient (Wildman–Crippen LogP) is 3.30. The summed E-state index contributed by atoms with van der Waals surface area (Å²) in [7, 11) is 0. The van der Waals surface area contributed by atoms with Crippen LogP contribution in [0.3, 0.4) is 0 Å². The molecule has 1 rings (SSSR count). The third kappa shape index (κ3) is 4.30. The maximum Gasteiger partial charge on any atom is 0.336 e.